The van der Waals surface area contributed by atoms with E-state index in [9.17, 15) is 9.59 Å². The lowest BCUT2D eigenvalue weighted by atomic mass is 9.85. The van der Waals surface area contributed by atoms with Gasteiger partial charge in [-0.15, -0.1) is 0 Å². The number of carbonyl (C=O) groups is 2. The number of aromatic nitrogens is 1. The Balaban J connectivity index is 1.37. The maximum atomic E-state index is 12.0. The lowest BCUT2D eigenvalue weighted by Crippen LogP contribution is -2.56. The van der Waals surface area contributed by atoms with Gasteiger partial charge in [0.25, 0.3) is 0 Å². The average molecular weight is 358 g/mol. The molecule has 2 amide bonds. The minimum Gasteiger partial charge on any atom is -0.480 e. The fourth-order valence-electron chi connectivity index (χ4n) is 3.56. The Morgan fingerprint density at radius 1 is 1.31 bits per heavy atom. The number of para-hydroxylation sites is 1. The van der Waals surface area contributed by atoms with E-state index in [-0.39, 0.29) is 24.7 Å². The molecule has 0 radical (unpaired) electrons. The van der Waals surface area contributed by atoms with Gasteiger partial charge < -0.3 is 20.7 Å². The van der Waals surface area contributed by atoms with Gasteiger partial charge in [-0.1, -0.05) is 25.1 Å². The summed E-state index contributed by atoms with van der Waals surface area (Å²) in [4.78, 5) is 28.0. The van der Waals surface area contributed by atoms with E-state index in [0.717, 1.165) is 24.8 Å². The Morgan fingerprint density at radius 2 is 2.08 bits per heavy atom. The van der Waals surface area contributed by atoms with Gasteiger partial charge in [-0.05, 0) is 37.4 Å². The molecule has 0 unspecified atom stereocenters. The summed E-state index contributed by atoms with van der Waals surface area (Å²) in [6, 6.07) is 8.33. The molecule has 0 aliphatic heterocycles. The molecule has 2 aromatic rings. The third-order valence-electron chi connectivity index (χ3n) is 5.06. The summed E-state index contributed by atoms with van der Waals surface area (Å²) in [7, 11) is 0. The molecule has 1 aromatic carbocycles. The predicted octanol–water partition coefficient (Wildman–Crippen LogP) is 1.95. The molecule has 140 valence electrons. The van der Waals surface area contributed by atoms with E-state index in [1.54, 1.807) is 0 Å². The van der Waals surface area contributed by atoms with Crippen molar-refractivity contribution in [3.8, 4) is 0 Å². The van der Waals surface area contributed by atoms with E-state index in [4.69, 9.17) is 5.11 Å². The van der Waals surface area contributed by atoms with Crippen molar-refractivity contribution in [1.29, 1.82) is 0 Å². The molecule has 0 bridgehead atoms. The number of aromatic amines is 1. The summed E-state index contributed by atoms with van der Waals surface area (Å²) in [6.45, 7) is 3.30. The molecule has 7 nitrogen and oxygen atoms in total. The number of H-pyrrole nitrogens is 1. The molecule has 1 saturated carbocycles. The van der Waals surface area contributed by atoms with Crippen molar-refractivity contribution < 1.29 is 14.7 Å². The second kappa shape index (κ2) is 8.23. The quantitative estimate of drug-likeness (QED) is 0.580. The summed E-state index contributed by atoms with van der Waals surface area (Å²) in [5, 5.41) is 16.0. The van der Waals surface area contributed by atoms with E-state index in [1.165, 1.54) is 10.9 Å². The third kappa shape index (κ3) is 4.35. The topological polar surface area (TPSA) is 97.5 Å². The number of rotatable bonds is 8. The second-order valence-electron chi connectivity index (χ2n) is 6.79. The molecule has 1 aromatic heterocycles. The second-order valence-corrected chi connectivity index (χ2v) is 6.79. The zero-order valence-corrected chi connectivity index (χ0v) is 15.0. The van der Waals surface area contributed by atoms with Gasteiger partial charge in [0.05, 0.1) is 6.54 Å². The van der Waals surface area contributed by atoms with Gasteiger partial charge in [0.15, 0.2) is 0 Å². The fraction of sp³-hybridized carbons (Fsp3) is 0.474. The molecular weight excluding hydrogens is 332 g/mol. The molecule has 0 spiro atoms. The molecule has 1 aliphatic carbocycles. The highest BCUT2D eigenvalue weighted by Crippen LogP contribution is 2.25. The van der Waals surface area contributed by atoms with Gasteiger partial charge in [-0.2, -0.15) is 0 Å². The lowest BCUT2D eigenvalue weighted by Gasteiger charge is -2.42. The maximum absolute atomic E-state index is 12.0. The monoisotopic (exact) mass is 358 g/mol. The fourth-order valence-corrected chi connectivity index (χ4v) is 3.56. The molecule has 0 atom stereocenters. The highest BCUT2D eigenvalue weighted by atomic mass is 16.4. The van der Waals surface area contributed by atoms with E-state index >= 15 is 0 Å². The average Bonchev–Trinajstić information content (AvgIpc) is 2.99. The summed E-state index contributed by atoms with van der Waals surface area (Å²) in [5.74, 6) is -0.807. The van der Waals surface area contributed by atoms with Crippen molar-refractivity contribution in [3.05, 3.63) is 36.0 Å². The van der Waals surface area contributed by atoms with Crippen LogP contribution in [0.3, 0.4) is 0 Å². The van der Waals surface area contributed by atoms with E-state index < -0.39 is 5.97 Å². The van der Waals surface area contributed by atoms with Crippen LogP contribution < -0.4 is 10.6 Å². The lowest BCUT2D eigenvalue weighted by molar-refractivity contribution is -0.139. The first-order valence-electron chi connectivity index (χ1n) is 9.12. The Morgan fingerprint density at radius 3 is 2.81 bits per heavy atom. The van der Waals surface area contributed by atoms with Crippen LogP contribution in [0.15, 0.2) is 30.5 Å². The molecule has 1 fully saturated rings. The Labute approximate surface area is 152 Å². The van der Waals surface area contributed by atoms with Crippen LogP contribution in [0, 0.1) is 0 Å². The number of fused-ring (bicyclic) bond motifs is 1. The smallest absolute Gasteiger partial charge is 0.317 e. The van der Waals surface area contributed by atoms with Crippen LogP contribution in [0.5, 0.6) is 0 Å². The SMILES string of the molecule is CCN(CC(=O)O)C1CC(NC(=O)NCCc2c[nH]c3ccccc23)C1. The largest absolute Gasteiger partial charge is 0.480 e. The number of aliphatic carboxylic acids is 1. The third-order valence-corrected chi connectivity index (χ3v) is 5.06. The Kier molecular flexibility index (Phi) is 5.78. The number of likely N-dealkylation sites (N-methyl/N-ethyl adjacent to an activating group) is 1. The number of urea groups is 1. The van der Waals surface area contributed by atoms with E-state index in [2.05, 4.69) is 21.7 Å². The van der Waals surface area contributed by atoms with Gasteiger partial charge in [-0.3, -0.25) is 9.69 Å². The van der Waals surface area contributed by atoms with Crippen LogP contribution >= 0.6 is 0 Å². The number of carbonyl (C=O) groups excluding carboxylic acids is 1. The first-order chi connectivity index (χ1) is 12.6. The van der Waals surface area contributed by atoms with Crippen LogP contribution in [0.1, 0.15) is 25.3 Å². The number of nitrogens with zero attached hydrogens (tertiary/aromatic N) is 1. The summed E-state index contributed by atoms with van der Waals surface area (Å²) >= 11 is 0. The van der Waals surface area contributed by atoms with Crippen molar-refractivity contribution >= 4 is 22.9 Å². The number of hydrogen-bond donors (Lipinski definition) is 4. The molecule has 1 heterocycles. The van der Waals surface area contributed by atoms with Crippen LogP contribution in [-0.2, 0) is 11.2 Å². The highest BCUT2D eigenvalue weighted by Gasteiger charge is 2.34. The Bertz CT molecular complexity index is 767. The number of benzene rings is 1. The number of nitrogens with one attached hydrogen (secondary N) is 3. The predicted molar refractivity (Wildman–Crippen MR) is 100 cm³/mol. The number of hydrogen-bond acceptors (Lipinski definition) is 3. The zero-order valence-electron chi connectivity index (χ0n) is 15.0. The van der Waals surface area contributed by atoms with Crippen molar-refractivity contribution in [1.82, 2.24) is 20.5 Å². The minimum absolute atomic E-state index is 0.0602. The summed E-state index contributed by atoms with van der Waals surface area (Å²) in [5.41, 5.74) is 2.30. The molecule has 4 N–H and O–H groups in total. The Hall–Kier alpha value is -2.54. The van der Waals surface area contributed by atoms with Gasteiger partial charge >= 0.3 is 12.0 Å². The highest BCUT2D eigenvalue weighted by molar-refractivity contribution is 5.83. The first kappa shape index (κ1) is 18.3. The van der Waals surface area contributed by atoms with Crippen molar-refractivity contribution in [2.45, 2.75) is 38.3 Å². The van der Waals surface area contributed by atoms with Crippen molar-refractivity contribution in [2.24, 2.45) is 0 Å². The van der Waals surface area contributed by atoms with Crippen molar-refractivity contribution in [2.75, 3.05) is 19.6 Å². The summed E-state index contributed by atoms with van der Waals surface area (Å²) in [6.07, 6.45) is 4.36. The minimum atomic E-state index is -0.807. The molecule has 1 aliphatic rings. The van der Waals surface area contributed by atoms with Crippen molar-refractivity contribution in [3.63, 3.8) is 0 Å². The molecular formula is C19H26N4O3. The summed E-state index contributed by atoms with van der Waals surface area (Å²) < 4.78 is 0. The number of carboxylic acids is 1. The first-order valence-corrected chi connectivity index (χ1v) is 9.12. The van der Waals surface area contributed by atoms with Crippen LogP contribution in [-0.4, -0.2) is 58.7 Å². The van der Waals surface area contributed by atoms with Gasteiger partial charge in [0, 0.05) is 35.7 Å². The van der Waals surface area contributed by atoms with Gasteiger partial charge in [0.1, 0.15) is 0 Å². The van der Waals surface area contributed by atoms with E-state index in [1.807, 2.05) is 36.2 Å². The molecule has 26 heavy (non-hydrogen) atoms. The number of amides is 2. The number of carboxylic acid groups (broad SMARTS) is 1. The van der Waals surface area contributed by atoms with E-state index in [0.29, 0.717) is 13.1 Å². The van der Waals surface area contributed by atoms with Crippen LogP contribution in [0.25, 0.3) is 10.9 Å². The van der Waals surface area contributed by atoms with Crippen LogP contribution in [0.2, 0.25) is 0 Å². The van der Waals surface area contributed by atoms with Gasteiger partial charge in [-0.25, -0.2) is 4.79 Å². The molecule has 3 rings (SSSR count). The molecule has 0 saturated heterocycles. The molecule has 7 heteroatoms. The van der Waals surface area contributed by atoms with Gasteiger partial charge in [0.2, 0.25) is 0 Å². The normalized spacial score (nSPS) is 19.3. The standard InChI is InChI=1S/C19H26N4O3/c1-2-23(12-18(24)25)15-9-14(10-15)22-19(26)20-8-7-13-11-21-17-6-4-3-5-16(13)17/h3-6,11,14-15,21H,2,7-10,12H2,1H3,(H,24,25)(H2,20,22,26). The van der Waals surface area contributed by atoms with Crippen LogP contribution in [0.4, 0.5) is 4.79 Å². The zero-order chi connectivity index (χ0) is 18.5. The maximum Gasteiger partial charge on any atom is 0.317 e.